The van der Waals surface area contributed by atoms with E-state index in [4.69, 9.17) is 5.73 Å². The molecule has 0 spiro atoms. The van der Waals surface area contributed by atoms with Gasteiger partial charge in [-0.1, -0.05) is 91.0 Å². The second-order valence-electron chi connectivity index (χ2n) is 6.54. The van der Waals surface area contributed by atoms with Gasteiger partial charge in [-0.2, -0.15) is 0 Å². The minimum atomic E-state index is -0.730. The van der Waals surface area contributed by atoms with Crippen LogP contribution in [0.25, 0.3) is 0 Å². The summed E-state index contributed by atoms with van der Waals surface area (Å²) in [4.78, 5) is 11.5. The number of aliphatic hydroxyl groups excluding tert-OH is 1. The summed E-state index contributed by atoms with van der Waals surface area (Å²) in [5.41, 5.74) is 7.74. The Labute approximate surface area is 159 Å². The summed E-state index contributed by atoms with van der Waals surface area (Å²) in [6, 6.07) is 29.6. The molecule has 0 heterocycles. The number of carbonyl (C=O) groups excluding carboxylic acids is 1. The Kier molecular flexibility index (Phi) is 6.01. The summed E-state index contributed by atoms with van der Waals surface area (Å²) in [5.74, 6) is -0.454. The van der Waals surface area contributed by atoms with Crippen molar-refractivity contribution in [1.82, 2.24) is 5.32 Å². The van der Waals surface area contributed by atoms with Crippen LogP contribution in [0.5, 0.6) is 0 Å². The average Bonchev–Trinajstić information content (AvgIpc) is 2.73. The van der Waals surface area contributed by atoms with E-state index in [1.807, 2.05) is 91.0 Å². The highest BCUT2D eigenvalue weighted by molar-refractivity contribution is 5.74. The number of benzene rings is 3. The topological polar surface area (TPSA) is 75.4 Å². The molecule has 0 aliphatic heterocycles. The van der Waals surface area contributed by atoms with E-state index in [2.05, 4.69) is 5.32 Å². The van der Waals surface area contributed by atoms with Gasteiger partial charge in [0, 0.05) is 12.5 Å². The highest BCUT2D eigenvalue weighted by atomic mass is 16.3. The fourth-order valence-electron chi connectivity index (χ4n) is 3.52. The molecule has 3 aromatic carbocycles. The molecule has 0 saturated carbocycles. The van der Waals surface area contributed by atoms with Crippen molar-refractivity contribution in [1.29, 1.82) is 0 Å². The van der Waals surface area contributed by atoms with Gasteiger partial charge in [0.15, 0.2) is 0 Å². The van der Waals surface area contributed by atoms with Crippen LogP contribution in [0.2, 0.25) is 0 Å². The number of primary amides is 1. The summed E-state index contributed by atoms with van der Waals surface area (Å²) < 4.78 is 0. The van der Waals surface area contributed by atoms with Crippen LogP contribution in [0, 0.1) is 0 Å². The van der Waals surface area contributed by atoms with Crippen LogP contribution < -0.4 is 11.1 Å². The Balaban J connectivity index is 2.24. The first kappa shape index (κ1) is 18.8. The molecule has 4 N–H and O–H groups in total. The van der Waals surface area contributed by atoms with Crippen molar-refractivity contribution >= 4 is 5.91 Å². The number of hydrogen-bond donors (Lipinski definition) is 3. The van der Waals surface area contributed by atoms with Gasteiger partial charge in [0.25, 0.3) is 0 Å². The third-order valence-corrected chi connectivity index (χ3v) is 4.71. The molecule has 3 rings (SSSR count). The largest absolute Gasteiger partial charge is 0.395 e. The SMILES string of the molecule is NC(=O)C[C@@H](CO)NC(c1ccccc1)(c1ccccc1)c1ccccc1. The lowest BCUT2D eigenvalue weighted by molar-refractivity contribution is -0.118. The van der Waals surface area contributed by atoms with Crippen molar-refractivity contribution in [2.75, 3.05) is 6.61 Å². The fourth-order valence-corrected chi connectivity index (χ4v) is 3.52. The molecule has 4 nitrogen and oxygen atoms in total. The maximum Gasteiger partial charge on any atom is 0.219 e. The third-order valence-electron chi connectivity index (χ3n) is 4.71. The normalized spacial score (nSPS) is 12.5. The van der Waals surface area contributed by atoms with Crippen molar-refractivity contribution in [2.45, 2.75) is 18.0 Å². The van der Waals surface area contributed by atoms with Gasteiger partial charge in [0.05, 0.1) is 12.1 Å². The second-order valence-corrected chi connectivity index (χ2v) is 6.54. The highest BCUT2D eigenvalue weighted by Gasteiger charge is 2.38. The Bertz CT molecular complexity index is 755. The van der Waals surface area contributed by atoms with Crippen LogP contribution in [0.1, 0.15) is 23.1 Å². The van der Waals surface area contributed by atoms with E-state index in [9.17, 15) is 9.90 Å². The first-order chi connectivity index (χ1) is 13.2. The predicted octanol–water partition coefficient (Wildman–Crippen LogP) is 2.80. The van der Waals surface area contributed by atoms with Crippen molar-refractivity contribution in [3.8, 4) is 0 Å². The van der Waals surface area contributed by atoms with Gasteiger partial charge in [-0.15, -0.1) is 0 Å². The van der Waals surface area contributed by atoms with Crippen molar-refractivity contribution in [3.05, 3.63) is 108 Å². The molecule has 0 fully saturated rings. The molecular weight excluding hydrogens is 336 g/mol. The molecule has 0 saturated heterocycles. The summed E-state index contributed by atoms with van der Waals surface area (Å²) in [6.07, 6.45) is 0.0464. The Morgan fingerprint density at radius 3 is 1.48 bits per heavy atom. The number of hydrogen-bond acceptors (Lipinski definition) is 3. The van der Waals surface area contributed by atoms with Crippen molar-refractivity contribution in [3.63, 3.8) is 0 Å². The first-order valence-corrected chi connectivity index (χ1v) is 9.00. The Morgan fingerprint density at radius 2 is 1.19 bits per heavy atom. The minimum Gasteiger partial charge on any atom is -0.395 e. The zero-order valence-electron chi connectivity index (χ0n) is 15.1. The first-order valence-electron chi connectivity index (χ1n) is 9.00. The van der Waals surface area contributed by atoms with Crippen LogP contribution in [-0.2, 0) is 10.3 Å². The molecule has 4 heteroatoms. The van der Waals surface area contributed by atoms with E-state index >= 15 is 0 Å². The molecule has 0 radical (unpaired) electrons. The van der Waals surface area contributed by atoms with Gasteiger partial charge in [0.2, 0.25) is 5.91 Å². The van der Waals surface area contributed by atoms with Gasteiger partial charge in [-0.05, 0) is 16.7 Å². The molecule has 0 aromatic heterocycles. The molecule has 27 heavy (non-hydrogen) atoms. The van der Waals surface area contributed by atoms with Crippen LogP contribution in [0.3, 0.4) is 0 Å². The van der Waals surface area contributed by atoms with Gasteiger partial charge in [0.1, 0.15) is 0 Å². The van der Waals surface area contributed by atoms with Crippen LogP contribution in [0.15, 0.2) is 91.0 Å². The third kappa shape index (κ3) is 4.08. The highest BCUT2D eigenvalue weighted by Crippen LogP contribution is 2.37. The predicted molar refractivity (Wildman–Crippen MR) is 107 cm³/mol. The van der Waals surface area contributed by atoms with E-state index in [-0.39, 0.29) is 13.0 Å². The molecule has 1 amide bonds. The Hall–Kier alpha value is -2.95. The Morgan fingerprint density at radius 1 is 0.815 bits per heavy atom. The van der Waals surface area contributed by atoms with E-state index < -0.39 is 17.5 Å². The molecule has 0 aliphatic rings. The van der Waals surface area contributed by atoms with Crippen LogP contribution in [0.4, 0.5) is 0 Å². The summed E-state index contributed by atoms with van der Waals surface area (Å²) in [7, 11) is 0. The second kappa shape index (κ2) is 8.62. The molecule has 0 unspecified atom stereocenters. The molecule has 3 aromatic rings. The number of amides is 1. The van der Waals surface area contributed by atoms with Gasteiger partial charge >= 0.3 is 0 Å². The lowest BCUT2D eigenvalue weighted by Crippen LogP contribution is -2.52. The van der Waals surface area contributed by atoms with E-state index in [1.165, 1.54) is 0 Å². The monoisotopic (exact) mass is 360 g/mol. The lowest BCUT2D eigenvalue weighted by Gasteiger charge is -2.39. The van der Waals surface area contributed by atoms with E-state index in [0.29, 0.717) is 0 Å². The number of carbonyl (C=O) groups is 1. The van der Waals surface area contributed by atoms with E-state index in [0.717, 1.165) is 16.7 Å². The van der Waals surface area contributed by atoms with Crippen LogP contribution in [-0.4, -0.2) is 23.7 Å². The molecule has 1 atom stereocenters. The van der Waals surface area contributed by atoms with Gasteiger partial charge in [-0.3, -0.25) is 10.1 Å². The molecule has 138 valence electrons. The summed E-state index contributed by atoms with van der Waals surface area (Å²) in [6.45, 7) is -0.197. The van der Waals surface area contributed by atoms with Gasteiger partial charge < -0.3 is 10.8 Å². The lowest BCUT2D eigenvalue weighted by atomic mass is 9.76. The zero-order chi connectivity index (χ0) is 19.1. The number of nitrogens with one attached hydrogen (secondary N) is 1. The number of nitrogens with two attached hydrogens (primary N) is 1. The summed E-state index contributed by atoms with van der Waals surface area (Å²) >= 11 is 0. The van der Waals surface area contributed by atoms with Crippen molar-refractivity contribution in [2.24, 2.45) is 5.73 Å². The molecule has 0 aliphatic carbocycles. The number of aliphatic hydroxyl groups is 1. The van der Waals surface area contributed by atoms with Crippen molar-refractivity contribution < 1.29 is 9.90 Å². The smallest absolute Gasteiger partial charge is 0.219 e. The van der Waals surface area contributed by atoms with Gasteiger partial charge in [-0.25, -0.2) is 0 Å². The fraction of sp³-hybridized carbons (Fsp3) is 0.174. The maximum atomic E-state index is 11.5. The number of rotatable bonds is 8. The van der Waals surface area contributed by atoms with Crippen LogP contribution >= 0.6 is 0 Å². The minimum absolute atomic E-state index is 0.0464. The zero-order valence-corrected chi connectivity index (χ0v) is 15.1. The quantitative estimate of drug-likeness (QED) is 0.541. The van der Waals surface area contributed by atoms with E-state index in [1.54, 1.807) is 0 Å². The summed E-state index contributed by atoms with van der Waals surface area (Å²) in [5, 5.41) is 13.5. The standard InChI is InChI=1S/C23H24N2O2/c24-22(27)16-21(17-26)25-23(18-10-4-1-5-11-18,19-12-6-2-7-13-19)20-14-8-3-9-15-20/h1-15,21,25-26H,16-17H2,(H2,24,27)/t21-/m0/s1. The maximum absolute atomic E-state index is 11.5. The molecular formula is C23H24N2O2. The molecule has 0 bridgehead atoms. The average molecular weight is 360 g/mol.